The Morgan fingerprint density at radius 3 is 3.00 bits per heavy atom. The summed E-state index contributed by atoms with van der Waals surface area (Å²) in [5.74, 6) is 1.01. The van der Waals surface area contributed by atoms with E-state index in [2.05, 4.69) is 10.3 Å². The predicted molar refractivity (Wildman–Crippen MR) is 67.2 cm³/mol. The topological polar surface area (TPSA) is 60.1 Å². The Morgan fingerprint density at radius 1 is 1.56 bits per heavy atom. The maximum Gasteiger partial charge on any atom is 0.287 e. The molecule has 2 heterocycles. The molecule has 0 aliphatic rings. The summed E-state index contributed by atoms with van der Waals surface area (Å²) in [5.41, 5.74) is 0. The molecule has 2 rings (SSSR count). The van der Waals surface area contributed by atoms with E-state index in [0.29, 0.717) is 12.3 Å². The smallest absolute Gasteiger partial charge is 0.287 e. The van der Waals surface area contributed by atoms with Gasteiger partial charge in [-0.1, -0.05) is 6.92 Å². The van der Waals surface area contributed by atoms with Crippen molar-refractivity contribution in [3.05, 3.63) is 42.4 Å². The molecule has 96 valence electrons. The molecule has 1 amide bonds. The SMILES string of the molecule is CCc1ccc(C(=O)NC(C)Cn2ccnc2)o1. The van der Waals surface area contributed by atoms with Crippen LogP contribution >= 0.6 is 0 Å². The lowest BCUT2D eigenvalue weighted by Gasteiger charge is -2.13. The van der Waals surface area contributed by atoms with Crippen molar-refractivity contribution in [1.82, 2.24) is 14.9 Å². The summed E-state index contributed by atoms with van der Waals surface area (Å²) in [5, 5.41) is 2.89. The van der Waals surface area contributed by atoms with Gasteiger partial charge in [0.1, 0.15) is 5.76 Å². The highest BCUT2D eigenvalue weighted by Gasteiger charge is 2.13. The number of amides is 1. The quantitative estimate of drug-likeness (QED) is 0.877. The summed E-state index contributed by atoms with van der Waals surface area (Å²) in [6, 6.07) is 3.55. The molecule has 2 aromatic heterocycles. The highest BCUT2D eigenvalue weighted by Crippen LogP contribution is 2.08. The van der Waals surface area contributed by atoms with Crippen LogP contribution in [0.1, 0.15) is 30.2 Å². The normalized spacial score (nSPS) is 12.3. The number of aryl methyl sites for hydroxylation is 1. The maximum absolute atomic E-state index is 11.9. The lowest BCUT2D eigenvalue weighted by Crippen LogP contribution is -2.35. The van der Waals surface area contributed by atoms with Crippen LogP contribution in [0.3, 0.4) is 0 Å². The second-order valence-corrected chi connectivity index (χ2v) is 4.25. The molecular weight excluding hydrogens is 230 g/mol. The molecule has 0 fully saturated rings. The van der Waals surface area contributed by atoms with Gasteiger partial charge >= 0.3 is 0 Å². The molecule has 0 saturated carbocycles. The third-order valence-electron chi connectivity index (χ3n) is 2.66. The molecule has 1 unspecified atom stereocenters. The van der Waals surface area contributed by atoms with E-state index in [0.717, 1.165) is 12.2 Å². The largest absolute Gasteiger partial charge is 0.456 e. The second kappa shape index (κ2) is 5.53. The summed E-state index contributed by atoms with van der Waals surface area (Å²) in [6.45, 7) is 4.62. The molecule has 0 saturated heterocycles. The van der Waals surface area contributed by atoms with Gasteiger partial charge in [0, 0.05) is 31.4 Å². The van der Waals surface area contributed by atoms with Crippen LogP contribution < -0.4 is 5.32 Å². The first-order valence-corrected chi connectivity index (χ1v) is 6.04. The molecule has 0 spiro atoms. The molecule has 2 aromatic rings. The Labute approximate surface area is 106 Å². The molecule has 5 heteroatoms. The van der Waals surface area contributed by atoms with Crippen molar-refractivity contribution in [2.75, 3.05) is 0 Å². The van der Waals surface area contributed by atoms with Gasteiger partial charge in [0.05, 0.1) is 6.33 Å². The number of aromatic nitrogens is 2. The van der Waals surface area contributed by atoms with Crippen LogP contribution in [0.15, 0.2) is 35.3 Å². The van der Waals surface area contributed by atoms with Gasteiger partial charge in [-0.3, -0.25) is 4.79 Å². The number of hydrogen-bond donors (Lipinski definition) is 1. The predicted octanol–water partition coefficient (Wildman–Crippen LogP) is 1.86. The Hall–Kier alpha value is -2.04. The molecule has 1 N–H and O–H groups in total. The minimum absolute atomic E-state index is 0.0156. The summed E-state index contributed by atoms with van der Waals surface area (Å²) in [7, 11) is 0. The van der Waals surface area contributed by atoms with Crippen molar-refractivity contribution in [2.45, 2.75) is 32.9 Å². The van der Waals surface area contributed by atoms with E-state index in [1.54, 1.807) is 18.6 Å². The molecule has 0 aliphatic carbocycles. The Balaban J connectivity index is 1.90. The first-order chi connectivity index (χ1) is 8.69. The number of nitrogens with zero attached hydrogens (tertiary/aromatic N) is 2. The van der Waals surface area contributed by atoms with Crippen molar-refractivity contribution in [2.24, 2.45) is 0 Å². The number of imidazole rings is 1. The molecule has 0 bridgehead atoms. The monoisotopic (exact) mass is 247 g/mol. The second-order valence-electron chi connectivity index (χ2n) is 4.25. The van der Waals surface area contributed by atoms with E-state index in [4.69, 9.17) is 4.42 Å². The summed E-state index contributed by atoms with van der Waals surface area (Å²) in [6.07, 6.45) is 6.10. The highest BCUT2D eigenvalue weighted by atomic mass is 16.3. The van der Waals surface area contributed by atoms with Gasteiger partial charge in [0.25, 0.3) is 5.91 Å². The molecule has 18 heavy (non-hydrogen) atoms. The number of rotatable bonds is 5. The van der Waals surface area contributed by atoms with Crippen LogP contribution in [0, 0.1) is 0 Å². The van der Waals surface area contributed by atoms with Crippen molar-refractivity contribution in [1.29, 1.82) is 0 Å². The molecule has 1 atom stereocenters. The average molecular weight is 247 g/mol. The van der Waals surface area contributed by atoms with E-state index in [1.807, 2.05) is 30.7 Å². The Bertz CT molecular complexity index is 502. The fraction of sp³-hybridized carbons (Fsp3) is 0.385. The van der Waals surface area contributed by atoms with Crippen LogP contribution in [0.25, 0.3) is 0 Å². The van der Waals surface area contributed by atoms with Crippen LogP contribution in [-0.4, -0.2) is 21.5 Å². The number of nitrogens with one attached hydrogen (secondary N) is 1. The molecule has 0 aromatic carbocycles. The fourth-order valence-electron chi connectivity index (χ4n) is 1.74. The zero-order chi connectivity index (χ0) is 13.0. The van der Waals surface area contributed by atoms with Crippen molar-refractivity contribution in [3.8, 4) is 0 Å². The van der Waals surface area contributed by atoms with E-state index in [-0.39, 0.29) is 11.9 Å². The zero-order valence-corrected chi connectivity index (χ0v) is 10.6. The van der Waals surface area contributed by atoms with Crippen LogP contribution in [0.4, 0.5) is 0 Å². The van der Waals surface area contributed by atoms with Gasteiger partial charge in [0.15, 0.2) is 5.76 Å². The lowest BCUT2D eigenvalue weighted by molar-refractivity contribution is 0.0907. The van der Waals surface area contributed by atoms with Crippen LogP contribution in [0.2, 0.25) is 0 Å². The van der Waals surface area contributed by atoms with Gasteiger partial charge in [-0.25, -0.2) is 4.98 Å². The average Bonchev–Trinajstić information content (AvgIpc) is 2.98. The first-order valence-electron chi connectivity index (χ1n) is 6.04. The summed E-state index contributed by atoms with van der Waals surface area (Å²) in [4.78, 5) is 15.8. The third-order valence-corrected chi connectivity index (χ3v) is 2.66. The highest BCUT2D eigenvalue weighted by molar-refractivity contribution is 5.91. The number of carbonyl (C=O) groups excluding carboxylic acids is 1. The van der Waals surface area contributed by atoms with E-state index < -0.39 is 0 Å². The van der Waals surface area contributed by atoms with Gasteiger partial charge in [-0.05, 0) is 19.1 Å². The van der Waals surface area contributed by atoms with Crippen molar-refractivity contribution >= 4 is 5.91 Å². The van der Waals surface area contributed by atoms with Gasteiger partial charge < -0.3 is 14.3 Å². The number of furan rings is 1. The van der Waals surface area contributed by atoms with E-state index in [1.165, 1.54) is 0 Å². The first kappa shape index (κ1) is 12.4. The molecule has 0 aliphatic heterocycles. The van der Waals surface area contributed by atoms with Gasteiger partial charge in [-0.15, -0.1) is 0 Å². The summed E-state index contributed by atoms with van der Waals surface area (Å²) >= 11 is 0. The molecule has 0 radical (unpaired) electrons. The third kappa shape index (κ3) is 3.00. The van der Waals surface area contributed by atoms with Gasteiger partial charge in [0.2, 0.25) is 0 Å². The van der Waals surface area contributed by atoms with Crippen molar-refractivity contribution < 1.29 is 9.21 Å². The molecular formula is C13H17N3O2. The number of hydrogen-bond acceptors (Lipinski definition) is 3. The summed E-state index contributed by atoms with van der Waals surface area (Å²) < 4.78 is 7.32. The minimum Gasteiger partial charge on any atom is -0.456 e. The fourth-order valence-corrected chi connectivity index (χ4v) is 1.74. The van der Waals surface area contributed by atoms with Crippen LogP contribution in [-0.2, 0) is 13.0 Å². The maximum atomic E-state index is 11.9. The van der Waals surface area contributed by atoms with Gasteiger partial charge in [-0.2, -0.15) is 0 Å². The van der Waals surface area contributed by atoms with Crippen molar-refractivity contribution in [3.63, 3.8) is 0 Å². The Morgan fingerprint density at radius 2 is 2.39 bits per heavy atom. The standard InChI is InChI=1S/C13H17N3O2/c1-3-11-4-5-12(18-11)13(17)15-10(2)8-16-7-6-14-9-16/h4-7,9-10H,3,8H2,1-2H3,(H,15,17). The zero-order valence-electron chi connectivity index (χ0n) is 10.6. The Kier molecular flexibility index (Phi) is 3.82. The van der Waals surface area contributed by atoms with E-state index >= 15 is 0 Å². The molecule has 5 nitrogen and oxygen atoms in total. The van der Waals surface area contributed by atoms with Crippen LogP contribution in [0.5, 0.6) is 0 Å². The lowest BCUT2D eigenvalue weighted by atomic mass is 10.3. The minimum atomic E-state index is -0.178. The number of carbonyl (C=O) groups is 1. The van der Waals surface area contributed by atoms with E-state index in [9.17, 15) is 4.79 Å².